The topological polar surface area (TPSA) is 23.5 Å². The fourth-order valence-electron chi connectivity index (χ4n) is 2.62. The minimum Gasteiger partial charge on any atom is -0.389 e. The van der Waals surface area contributed by atoms with E-state index in [0.29, 0.717) is 0 Å². The van der Waals surface area contributed by atoms with Crippen LogP contribution in [0.4, 0.5) is 0 Å². The second kappa shape index (κ2) is 6.17. The van der Waals surface area contributed by atoms with Gasteiger partial charge in [-0.1, -0.05) is 36.4 Å². The first-order chi connectivity index (χ1) is 8.72. The first-order valence-electron chi connectivity index (χ1n) is 6.81. The van der Waals surface area contributed by atoms with Gasteiger partial charge < -0.3 is 10.0 Å². The summed E-state index contributed by atoms with van der Waals surface area (Å²) in [5, 5.41) is 10.6. The van der Waals surface area contributed by atoms with E-state index in [4.69, 9.17) is 0 Å². The zero-order chi connectivity index (χ0) is 12.8. The molecule has 0 bridgehead atoms. The van der Waals surface area contributed by atoms with Gasteiger partial charge in [0.25, 0.3) is 0 Å². The minimum absolute atomic E-state index is 0.508. The van der Waals surface area contributed by atoms with Gasteiger partial charge in [-0.05, 0) is 24.8 Å². The Bertz CT molecular complexity index is 366. The van der Waals surface area contributed by atoms with Crippen LogP contribution in [0.5, 0.6) is 0 Å². The van der Waals surface area contributed by atoms with Crippen LogP contribution in [-0.4, -0.2) is 35.2 Å². The molecule has 0 amide bonds. The number of benzene rings is 1. The summed E-state index contributed by atoms with van der Waals surface area (Å²) in [5.41, 5.74) is 0.728. The van der Waals surface area contributed by atoms with E-state index in [9.17, 15) is 5.11 Å². The molecule has 1 saturated heterocycles. The third-order valence-electron chi connectivity index (χ3n) is 3.81. The largest absolute Gasteiger partial charge is 0.389 e. The van der Waals surface area contributed by atoms with E-state index in [1.165, 1.54) is 5.56 Å². The summed E-state index contributed by atoms with van der Waals surface area (Å²) < 4.78 is 0. The number of rotatable bonds is 5. The van der Waals surface area contributed by atoms with Crippen molar-refractivity contribution in [2.75, 3.05) is 19.6 Å². The number of likely N-dealkylation sites (tertiary alicyclic amines) is 1. The summed E-state index contributed by atoms with van der Waals surface area (Å²) in [5.74, 6) is 0. The van der Waals surface area contributed by atoms with Gasteiger partial charge in [-0.15, -0.1) is 6.58 Å². The Kier molecular flexibility index (Phi) is 4.56. The smallest absolute Gasteiger partial charge is 0.0712 e. The molecule has 0 unspecified atom stereocenters. The SMILES string of the molecule is C=CCCN1CCC(O)(Cc2ccccc2)CC1. The van der Waals surface area contributed by atoms with Crippen LogP contribution in [0.25, 0.3) is 0 Å². The van der Waals surface area contributed by atoms with Crippen molar-refractivity contribution in [1.82, 2.24) is 4.90 Å². The maximum Gasteiger partial charge on any atom is 0.0712 e. The molecule has 1 aliphatic heterocycles. The lowest BCUT2D eigenvalue weighted by atomic mass is 9.85. The van der Waals surface area contributed by atoms with E-state index in [1.54, 1.807) is 0 Å². The van der Waals surface area contributed by atoms with Gasteiger partial charge in [0.2, 0.25) is 0 Å². The molecule has 0 aliphatic carbocycles. The highest BCUT2D eigenvalue weighted by Gasteiger charge is 2.31. The van der Waals surface area contributed by atoms with E-state index in [2.05, 4.69) is 23.6 Å². The van der Waals surface area contributed by atoms with Crippen LogP contribution in [0.2, 0.25) is 0 Å². The van der Waals surface area contributed by atoms with Crippen molar-refractivity contribution in [3.8, 4) is 0 Å². The number of hydrogen-bond donors (Lipinski definition) is 1. The molecule has 1 fully saturated rings. The summed E-state index contributed by atoms with van der Waals surface area (Å²) in [7, 11) is 0. The minimum atomic E-state index is -0.508. The molecule has 1 aromatic rings. The van der Waals surface area contributed by atoms with Gasteiger partial charge in [-0.25, -0.2) is 0 Å². The van der Waals surface area contributed by atoms with E-state index < -0.39 is 5.60 Å². The van der Waals surface area contributed by atoms with E-state index >= 15 is 0 Å². The molecule has 1 N–H and O–H groups in total. The average Bonchev–Trinajstić information content (AvgIpc) is 2.39. The van der Waals surface area contributed by atoms with Gasteiger partial charge in [-0.3, -0.25) is 0 Å². The molecule has 0 aromatic heterocycles. The molecule has 0 radical (unpaired) electrons. The summed E-state index contributed by atoms with van der Waals surface area (Å²) in [6.45, 7) is 6.82. The molecule has 0 saturated carbocycles. The van der Waals surface area contributed by atoms with Gasteiger partial charge in [-0.2, -0.15) is 0 Å². The van der Waals surface area contributed by atoms with E-state index in [1.807, 2.05) is 24.3 Å². The molecule has 2 nitrogen and oxygen atoms in total. The fourth-order valence-corrected chi connectivity index (χ4v) is 2.62. The molecular formula is C16H23NO. The molecular weight excluding hydrogens is 222 g/mol. The van der Waals surface area contributed by atoms with Gasteiger partial charge in [0.05, 0.1) is 5.60 Å². The molecule has 1 aromatic carbocycles. The van der Waals surface area contributed by atoms with Gasteiger partial charge in [0.1, 0.15) is 0 Å². The van der Waals surface area contributed by atoms with Crippen LogP contribution in [-0.2, 0) is 6.42 Å². The molecule has 0 atom stereocenters. The van der Waals surface area contributed by atoms with E-state index in [0.717, 1.165) is 45.3 Å². The van der Waals surface area contributed by atoms with Crippen LogP contribution in [0, 0.1) is 0 Å². The highest BCUT2D eigenvalue weighted by atomic mass is 16.3. The predicted octanol–water partition coefficient (Wildman–Crippen LogP) is 2.63. The Hall–Kier alpha value is -1.12. The Balaban J connectivity index is 1.85. The van der Waals surface area contributed by atoms with Crippen molar-refractivity contribution in [1.29, 1.82) is 0 Å². The van der Waals surface area contributed by atoms with Crippen LogP contribution >= 0.6 is 0 Å². The second-order valence-corrected chi connectivity index (χ2v) is 5.31. The summed E-state index contributed by atoms with van der Waals surface area (Å²) >= 11 is 0. The zero-order valence-electron chi connectivity index (χ0n) is 11.0. The van der Waals surface area contributed by atoms with Gasteiger partial charge in [0, 0.05) is 26.1 Å². The number of nitrogens with zero attached hydrogens (tertiary/aromatic N) is 1. The van der Waals surface area contributed by atoms with Gasteiger partial charge >= 0.3 is 0 Å². The molecule has 2 heteroatoms. The van der Waals surface area contributed by atoms with Crippen molar-refractivity contribution in [3.05, 3.63) is 48.6 Å². The van der Waals surface area contributed by atoms with Crippen LogP contribution in [0.3, 0.4) is 0 Å². The van der Waals surface area contributed by atoms with E-state index in [-0.39, 0.29) is 0 Å². The second-order valence-electron chi connectivity index (χ2n) is 5.31. The quantitative estimate of drug-likeness (QED) is 0.806. The standard InChI is InChI=1S/C16H23NO/c1-2-3-11-17-12-9-16(18,10-13-17)14-15-7-5-4-6-8-15/h2,4-8,18H,1,3,9-14H2. The van der Waals surface area contributed by atoms with Crippen LogP contribution in [0.15, 0.2) is 43.0 Å². The first kappa shape index (κ1) is 13.3. The third-order valence-corrected chi connectivity index (χ3v) is 3.81. The number of piperidine rings is 1. The van der Waals surface area contributed by atoms with Crippen molar-refractivity contribution >= 4 is 0 Å². The Morgan fingerprint density at radius 1 is 1.22 bits per heavy atom. The third kappa shape index (κ3) is 3.69. The molecule has 1 aliphatic rings. The lowest BCUT2D eigenvalue weighted by molar-refractivity contribution is -0.0201. The Morgan fingerprint density at radius 2 is 1.89 bits per heavy atom. The van der Waals surface area contributed by atoms with Crippen molar-refractivity contribution in [2.24, 2.45) is 0 Å². The predicted molar refractivity (Wildman–Crippen MR) is 75.6 cm³/mol. The number of hydrogen-bond acceptors (Lipinski definition) is 2. The molecule has 98 valence electrons. The van der Waals surface area contributed by atoms with Crippen molar-refractivity contribution in [3.63, 3.8) is 0 Å². The lowest BCUT2D eigenvalue weighted by Gasteiger charge is -2.38. The van der Waals surface area contributed by atoms with Crippen molar-refractivity contribution < 1.29 is 5.11 Å². The normalized spacial score (nSPS) is 19.6. The summed E-state index contributed by atoms with van der Waals surface area (Å²) in [6.07, 6.45) is 5.53. The zero-order valence-corrected chi connectivity index (χ0v) is 11.0. The highest BCUT2D eigenvalue weighted by molar-refractivity contribution is 5.17. The maximum atomic E-state index is 10.6. The summed E-state index contributed by atoms with van der Waals surface area (Å²) in [6, 6.07) is 10.3. The molecule has 18 heavy (non-hydrogen) atoms. The number of aliphatic hydroxyl groups is 1. The molecule has 2 rings (SSSR count). The van der Waals surface area contributed by atoms with Crippen LogP contribution < -0.4 is 0 Å². The monoisotopic (exact) mass is 245 g/mol. The Morgan fingerprint density at radius 3 is 2.50 bits per heavy atom. The van der Waals surface area contributed by atoms with Gasteiger partial charge in [0.15, 0.2) is 0 Å². The first-order valence-corrected chi connectivity index (χ1v) is 6.81. The fraction of sp³-hybridized carbons (Fsp3) is 0.500. The van der Waals surface area contributed by atoms with Crippen molar-refractivity contribution in [2.45, 2.75) is 31.3 Å². The Labute approximate surface area is 110 Å². The summed E-state index contributed by atoms with van der Waals surface area (Å²) in [4.78, 5) is 2.42. The highest BCUT2D eigenvalue weighted by Crippen LogP contribution is 2.26. The maximum absolute atomic E-state index is 10.6. The molecule has 1 heterocycles. The van der Waals surface area contributed by atoms with Crippen LogP contribution in [0.1, 0.15) is 24.8 Å². The molecule has 0 spiro atoms. The average molecular weight is 245 g/mol. The lowest BCUT2D eigenvalue weighted by Crippen LogP contribution is -2.45.